The second-order valence-corrected chi connectivity index (χ2v) is 6.29. The third kappa shape index (κ3) is 3.15. The van der Waals surface area contributed by atoms with Crippen molar-refractivity contribution in [3.8, 4) is 5.69 Å². The van der Waals surface area contributed by atoms with Gasteiger partial charge in [-0.2, -0.15) is 5.10 Å². The normalized spacial score (nSPS) is 11.3. The van der Waals surface area contributed by atoms with E-state index in [1.807, 2.05) is 24.3 Å². The van der Waals surface area contributed by atoms with Crippen molar-refractivity contribution < 1.29 is 0 Å². The summed E-state index contributed by atoms with van der Waals surface area (Å²) in [6.45, 7) is 4.31. The van der Waals surface area contributed by atoms with E-state index in [0.717, 1.165) is 27.8 Å². The Bertz CT molecular complexity index is 579. The Kier molecular flexibility index (Phi) is 4.93. The van der Waals surface area contributed by atoms with Crippen LogP contribution >= 0.6 is 39.1 Å². The lowest BCUT2D eigenvalue weighted by Crippen LogP contribution is -2.00. The highest BCUT2D eigenvalue weighted by Gasteiger charge is 2.18. The van der Waals surface area contributed by atoms with Crippen LogP contribution in [0.4, 0.5) is 0 Å². The number of rotatable bonds is 4. The van der Waals surface area contributed by atoms with Crippen LogP contribution in [0.2, 0.25) is 5.15 Å². The zero-order valence-electron chi connectivity index (χ0n) is 10.8. The van der Waals surface area contributed by atoms with E-state index in [1.54, 1.807) is 4.68 Å². The van der Waals surface area contributed by atoms with Gasteiger partial charge in [0.2, 0.25) is 0 Å². The lowest BCUT2D eigenvalue weighted by atomic mass is 10.1. The lowest BCUT2D eigenvalue weighted by molar-refractivity contribution is 0.626. The topological polar surface area (TPSA) is 17.8 Å². The van der Waals surface area contributed by atoms with Gasteiger partial charge in [0, 0.05) is 10.0 Å². The Balaban J connectivity index is 2.53. The summed E-state index contributed by atoms with van der Waals surface area (Å²) < 4.78 is 2.71. The molecule has 0 fully saturated rings. The zero-order chi connectivity index (χ0) is 14.0. The van der Waals surface area contributed by atoms with Crippen LogP contribution in [0.1, 0.15) is 25.1 Å². The molecule has 2 nitrogen and oxygen atoms in total. The van der Waals surface area contributed by atoms with Crippen LogP contribution in [0.5, 0.6) is 0 Å². The SMILES string of the molecule is CC(C)Cc1nn(-c2ccccc2Br)c(Cl)c1CCl. The molecule has 0 radical (unpaired) electrons. The van der Waals surface area contributed by atoms with Crippen molar-refractivity contribution in [1.29, 1.82) is 0 Å². The second kappa shape index (κ2) is 6.29. The number of benzene rings is 1. The van der Waals surface area contributed by atoms with Crippen molar-refractivity contribution in [3.63, 3.8) is 0 Å². The van der Waals surface area contributed by atoms with Crippen LogP contribution in [0.3, 0.4) is 0 Å². The fourth-order valence-corrected chi connectivity index (χ4v) is 3.04. The molecule has 0 saturated carbocycles. The predicted octanol–water partition coefficient (Wildman–Crippen LogP) is 5.23. The van der Waals surface area contributed by atoms with Gasteiger partial charge in [-0.3, -0.25) is 0 Å². The number of nitrogens with zero attached hydrogens (tertiary/aromatic N) is 2. The molecule has 0 atom stereocenters. The van der Waals surface area contributed by atoms with Gasteiger partial charge in [-0.1, -0.05) is 37.6 Å². The summed E-state index contributed by atoms with van der Waals surface area (Å²) >= 11 is 15.9. The van der Waals surface area contributed by atoms with E-state index < -0.39 is 0 Å². The monoisotopic (exact) mass is 360 g/mol. The lowest BCUT2D eigenvalue weighted by Gasteiger charge is -2.05. The van der Waals surface area contributed by atoms with Crippen LogP contribution in [0.25, 0.3) is 5.69 Å². The van der Waals surface area contributed by atoms with Gasteiger partial charge in [-0.25, -0.2) is 4.68 Å². The molecule has 19 heavy (non-hydrogen) atoms. The maximum absolute atomic E-state index is 6.41. The molecule has 1 aromatic carbocycles. The van der Waals surface area contributed by atoms with E-state index in [1.165, 1.54) is 0 Å². The van der Waals surface area contributed by atoms with Gasteiger partial charge >= 0.3 is 0 Å². The summed E-state index contributed by atoms with van der Waals surface area (Å²) in [4.78, 5) is 0. The summed E-state index contributed by atoms with van der Waals surface area (Å²) in [6, 6.07) is 7.86. The second-order valence-electron chi connectivity index (χ2n) is 4.81. The Morgan fingerprint density at radius 1 is 1.32 bits per heavy atom. The Hall–Kier alpha value is -0.510. The molecule has 1 aromatic heterocycles. The van der Waals surface area contributed by atoms with Crippen molar-refractivity contribution in [3.05, 3.63) is 45.1 Å². The molecule has 1 heterocycles. The minimum atomic E-state index is 0.380. The highest BCUT2D eigenvalue weighted by Crippen LogP contribution is 2.29. The molecule has 0 unspecified atom stereocenters. The molecular weight excluding hydrogens is 347 g/mol. The fraction of sp³-hybridized carbons (Fsp3) is 0.357. The molecule has 102 valence electrons. The first-order valence-electron chi connectivity index (χ1n) is 6.11. The molecule has 5 heteroatoms. The molecule has 2 rings (SSSR count). The molecule has 0 aliphatic carbocycles. The molecule has 0 bridgehead atoms. The van der Waals surface area contributed by atoms with Crippen LogP contribution in [-0.4, -0.2) is 9.78 Å². The number of para-hydroxylation sites is 1. The minimum Gasteiger partial charge on any atom is -0.220 e. The van der Waals surface area contributed by atoms with Gasteiger partial charge < -0.3 is 0 Å². The Labute approximate surface area is 131 Å². The van der Waals surface area contributed by atoms with E-state index in [2.05, 4.69) is 34.9 Å². The first-order valence-corrected chi connectivity index (χ1v) is 7.82. The summed E-state index contributed by atoms with van der Waals surface area (Å²) in [6.07, 6.45) is 0.874. The molecule has 0 aliphatic heterocycles. The van der Waals surface area contributed by atoms with Gasteiger partial charge in [-0.15, -0.1) is 11.6 Å². The van der Waals surface area contributed by atoms with Crippen LogP contribution in [-0.2, 0) is 12.3 Å². The van der Waals surface area contributed by atoms with Crippen molar-refractivity contribution in [2.75, 3.05) is 0 Å². The third-order valence-electron chi connectivity index (χ3n) is 2.82. The fourth-order valence-electron chi connectivity index (χ4n) is 1.94. The predicted molar refractivity (Wildman–Crippen MR) is 84.4 cm³/mol. The maximum Gasteiger partial charge on any atom is 0.137 e. The van der Waals surface area contributed by atoms with E-state index >= 15 is 0 Å². The quantitative estimate of drug-likeness (QED) is 0.682. The van der Waals surface area contributed by atoms with Crippen molar-refractivity contribution in [2.24, 2.45) is 5.92 Å². The van der Waals surface area contributed by atoms with Gasteiger partial charge in [0.05, 0.1) is 17.3 Å². The Morgan fingerprint density at radius 2 is 2.00 bits per heavy atom. The average Bonchev–Trinajstić information content (AvgIpc) is 2.65. The summed E-state index contributed by atoms with van der Waals surface area (Å²) in [7, 11) is 0. The van der Waals surface area contributed by atoms with E-state index in [-0.39, 0.29) is 0 Å². The van der Waals surface area contributed by atoms with Crippen molar-refractivity contribution >= 4 is 39.1 Å². The Morgan fingerprint density at radius 3 is 2.58 bits per heavy atom. The van der Waals surface area contributed by atoms with E-state index in [0.29, 0.717) is 17.0 Å². The molecule has 0 N–H and O–H groups in total. The number of hydrogen-bond acceptors (Lipinski definition) is 1. The van der Waals surface area contributed by atoms with E-state index in [4.69, 9.17) is 23.2 Å². The third-order valence-corrected chi connectivity index (χ3v) is 4.15. The molecule has 0 spiro atoms. The van der Waals surface area contributed by atoms with Crippen LogP contribution in [0, 0.1) is 5.92 Å². The zero-order valence-corrected chi connectivity index (χ0v) is 13.9. The van der Waals surface area contributed by atoms with Crippen LogP contribution < -0.4 is 0 Å². The van der Waals surface area contributed by atoms with Crippen molar-refractivity contribution in [2.45, 2.75) is 26.1 Å². The number of halogens is 3. The molecule has 2 aromatic rings. The standard InChI is InChI=1S/C14H15BrCl2N2/c1-9(2)7-12-10(8-16)14(17)19(18-12)13-6-4-3-5-11(13)15/h3-6,9H,7-8H2,1-2H3. The highest BCUT2D eigenvalue weighted by atomic mass is 79.9. The summed E-state index contributed by atoms with van der Waals surface area (Å²) in [5.41, 5.74) is 2.83. The smallest absolute Gasteiger partial charge is 0.137 e. The number of aromatic nitrogens is 2. The number of hydrogen-bond donors (Lipinski definition) is 0. The minimum absolute atomic E-state index is 0.380. The molecule has 0 amide bonds. The van der Waals surface area contributed by atoms with Gasteiger partial charge in [0.25, 0.3) is 0 Å². The summed E-state index contributed by atoms with van der Waals surface area (Å²) in [5, 5.41) is 5.22. The molecule has 0 saturated heterocycles. The average molecular weight is 362 g/mol. The first kappa shape index (κ1) is 14.9. The largest absolute Gasteiger partial charge is 0.220 e. The van der Waals surface area contributed by atoms with Gasteiger partial charge in [0.1, 0.15) is 5.15 Å². The first-order chi connectivity index (χ1) is 9.04. The van der Waals surface area contributed by atoms with Crippen LogP contribution in [0.15, 0.2) is 28.7 Å². The van der Waals surface area contributed by atoms with Gasteiger partial charge in [-0.05, 0) is 40.4 Å². The van der Waals surface area contributed by atoms with E-state index in [9.17, 15) is 0 Å². The maximum atomic E-state index is 6.41. The summed E-state index contributed by atoms with van der Waals surface area (Å²) in [5.74, 6) is 0.895. The van der Waals surface area contributed by atoms with Gasteiger partial charge in [0.15, 0.2) is 0 Å². The molecule has 0 aliphatic rings. The number of alkyl halides is 1. The highest BCUT2D eigenvalue weighted by molar-refractivity contribution is 9.10. The van der Waals surface area contributed by atoms with Crippen molar-refractivity contribution in [1.82, 2.24) is 9.78 Å². The molecular formula is C14H15BrCl2N2.